The van der Waals surface area contributed by atoms with E-state index in [9.17, 15) is 4.79 Å². The molecule has 0 N–H and O–H groups in total. The van der Waals surface area contributed by atoms with Crippen molar-refractivity contribution in [2.75, 3.05) is 0 Å². The topological polar surface area (TPSA) is 26.3 Å². The molecule has 0 atom stereocenters. The van der Waals surface area contributed by atoms with Crippen LogP contribution < -0.4 is 4.74 Å². The lowest BCUT2D eigenvalue weighted by Gasteiger charge is -2.16. The van der Waals surface area contributed by atoms with E-state index in [1.807, 2.05) is 39.8 Å². The number of hydrogen-bond acceptors (Lipinski definition) is 2. The minimum Gasteiger partial charge on any atom is -0.426 e. The summed E-state index contributed by atoms with van der Waals surface area (Å²) >= 11 is 3.39. The fourth-order valence-corrected chi connectivity index (χ4v) is 1.19. The molecule has 0 saturated carbocycles. The van der Waals surface area contributed by atoms with Crippen LogP contribution in [0.15, 0.2) is 22.7 Å². The molecule has 0 bridgehead atoms. The molecule has 82 valence electrons. The van der Waals surface area contributed by atoms with Crippen LogP contribution in [0.5, 0.6) is 5.75 Å². The molecule has 2 nitrogen and oxygen atoms in total. The van der Waals surface area contributed by atoms with E-state index in [1.165, 1.54) is 0 Å². The first kappa shape index (κ1) is 12.2. The molecule has 0 heterocycles. The molecule has 0 amide bonds. The normalized spacial score (nSPS) is 11.3. The van der Waals surface area contributed by atoms with Crippen molar-refractivity contribution < 1.29 is 9.53 Å². The third-order valence-corrected chi connectivity index (χ3v) is 2.84. The summed E-state index contributed by atoms with van der Waals surface area (Å²) in [4.78, 5) is 11.6. The predicted molar refractivity (Wildman–Crippen MR) is 64.0 cm³/mol. The zero-order chi connectivity index (χ0) is 11.6. The van der Waals surface area contributed by atoms with Crippen LogP contribution in [0.1, 0.15) is 26.3 Å². The first-order valence-corrected chi connectivity index (χ1v) is 5.58. The Hall–Kier alpha value is -0.830. The molecule has 0 aromatic heterocycles. The van der Waals surface area contributed by atoms with Gasteiger partial charge in [0.05, 0.1) is 5.41 Å². The van der Waals surface area contributed by atoms with Crippen LogP contribution in [-0.2, 0) is 4.79 Å². The van der Waals surface area contributed by atoms with Gasteiger partial charge in [-0.15, -0.1) is 0 Å². The molecule has 0 fully saturated rings. The van der Waals surface area contributed by atoms with Gasteiger partial charge in [0.1, 0.15) is 5.75 Å². The molecular weight excluding hydrogens is 256 g/mol. The maximum Gasteiger partial charge on any atom is 0.316 e. The van der Waals surface area contributed by atoms with Gasteiger partial charge >= 0.3 is 5.97 Å². The Bertz CT molecular complexity index is 378. The van der Waals surface area contributed by atoms with Crippen LogP contribution in [0.3, 0.4) is 0 Å². The van der Waals surface area contributed by atoms with Gasteiger partial charge in [0.25, 0.3) is 0 Å². The highest BCUT2D eigenvalue weighted by Crippen LogP contribution is 2.24. The zero-order valence-electron chi connectivity index (χ0n) is 9.43. The number of benzene rings is 1. The summed E-state index contributed by atoms with van der Waals surface area (Å²) in [7, 11) is 0. The van der Waals surface area contributed by atoms with E-state index in [-0.39, 0.29) is 5.97 Å². The monoisotopic (exact) mass is 270 g/mol. The molecule has 0 aliphatic carbocycles. The number of ether oxygens (including phenoxy) is 1. The average molecular weight is 271 g/mol. The molecule has 0 aliphatic rings. The number of halogens is 1. The van der Waals surface area contributed by atoms with Gasteiger partial charge in [-0.1, -0.05) is 15.9 Å². The summed E-state index contributed by atoms with van der Waals surface area (Å²) in [6.45, 7) is 7.46. The SMILES string of the molecule is Cc1cc(OC(=O)C(C)(C)C)ccc1Br. The van der Waals surface area contributed by atoms with E-state index in [2.05, 4.69) is 15.9 Å². The van der Waals surface area contributed by atoms with Crippen LogP contribution in [0.25, 0.3) is 0 Å². The van der Waals surface area contributed by atoms with Crippen molar-refractivity contribution in [2.24, 2.45) is 5.41 Å². The predicted octanol–water partition coefficient (Wildman–Crippen LogP) is 3.71. The second-order valence-corrected chi connectivity index (χ2v) is 5.40. The second-order valence-electron chi connectivity index (χ2n) is 4.55. The minimum absolute atomic E-state index is 0.218. The Balaban J connectivity index is 2.83. The van der Waals surface area contributed by atoms with E-state index in [4.69, 9.17) is 4.74 Å². The molecule has 1 rings (SSSR count). The van der Waals surface area contributed by atoms with Gasteiger partial charge in [-0.2, -0.15) is 0 Å². The smallest absolute Gasteiger partial charge is 0.316 e. The van der Waals surface area contributed by atoms with E-state index in [1.54, 1.807) is 6.07 Å². The highest BCUT2D eigenvalue weighted by Gasteiger charge is 2.23. The van der Waals surface area contributed by atoms with Gasteiger partial charge < -0.3 is 4.74 Å². The second kappa shape index (κ2) is 4.35. The lowest BCUT2D eigenvalue weighted by molar-refractivity contribution is -0.142. The Labute approximate surface area is 98.8 Å². The molecule has 15 heavy (non-hydrogen) atoms. The number of aryl methyl sites for hydroxylation is 1. The minimum atomic E-state index is -0.471. The van der Waals surface area contributed by atoms with E-state index >= 15 is 0 Å². The van der Waals surface area contributed by atoms with Gasteiger partial charge in [-0.25, -0.2) is 0 Å². The summed E-state index contributed by atoms with van der Waals surface area (Å²) in [6, 6.07) is 5.50. The Morgan fingerprint density at radius 1 is 1.33 bits per heavy atom. The first-order chi connectivity index (χ1) is 6.80. The van der Waals surface area contributed by atoms with Gasteiger partial charge in [0.2, 0.25) is 0 Å². The lowest BCUT2D eigenvalue weighted by atomic mass is 9.97. The summed E-state index contributed by atoms with van der Waals surface area (Å²) in [6.07, 6.45) is 0. The van der Waals surface area contributed by atoms with Crippen molar-refractivity contribution in [1.29, 1.82) is 0 Å². The highest BCUT2D eigenvalue weighted by atomic mass is 79.9. The van der Waals surface area contributed by atoms with Crippen LogP contribution in [0.4, 0.5) is 0 Å². The molecule has 0 unspecified atom stereocenters. The number of carbonyl (C=O) groups is 1. The van der Waals surface area contributed by atoms with E-state index < -0.39 is 5.41 Å². The van der Waals surface area contributed by atoms with Crippen LogP contribution in [0.2, 0.25) is 0 Å². The molecule has 0 saturated heterocycles. The Kier molecular flexibility index (Phi) is 3.55. The maximum atomic E-state index is 11.6. The summed E-state index contributed by atoms with van der Waals surface area (Å²) < 4.78 is 6.27. The summed E-state index contributed by atoms with van der Waals surface area (Å²) in [5.41, 5.74) is 0.579. The molecule has 0 aliphatic heterocycles. The molecule has 1 aromatic carbocycles. The molecule has 1 aromatic rings. The van der Waals surface area contributed by atoms with Crippen molar-refractivity contribution in [3.8, 4) is 5.75 Å². The molecular formula is C12H15BrO2. The van der Waals surface area contributed by atoms with Gasteiger partial charge in [-0.05, 0) is 51.5 Å². The number of esters is 1. The van der Waals surface area contributed by atoms with Crippen molar-refractivity contribution in [1.82, 2.24) is 0 Å². The highest BCUT2D eigenvalue weighted by molar-refractivity contribution is 9.10. The molecule has 0 radical (unpaired) electrons. The quantitative estimate of drug-likeness (QED) is 0.575. The number of rotatable bonds is 1. The van der Waals surface area contributed by atoms with Gasteiger partial charge in [0, 0.05) is 4.47 Å². The summed E-state index contributed by atoms with van der Waals surface area (Å²) in [5.74, 6) is 0.375. The largest absolute Gasteiger partial charge is 0.426 e. The fraction of sp³-hybridized carbons (Fsp3) is 0.417. The van der Waals surface area contributed by atoms with Crippen molar-refractivity contribution in [2.45, 2.75) is 27.7 Å². The molecule has 3 heteroatoms. The van der Waals surface area contributed by atoms with Crippen molar-refractivity contribution in [3.05, 3.63) is 28.2 Å². The standard InChI is InChI=1S/C12H15BrO2/c1-8-7-9(5-6-10(8)13)15-11(14)12(2,3)4/h5-7H,1-4H3. The number of hydrogen-bond donors (Lipinski definition) is 0. The van der Waals surface area contributed by atoms with Crippen molar-refractivity contribution in [3.63, 3.8) is 0 Å². The van der Waals surface area contributed by atoms with Crippen molar-refractivity contribution >= 4 is 21.9 Å². The van der Waals surface area contributed by atoms with E-state index in [0.29, 0.717) is 5.75 Å². The third-order valence-electron chi connectivity index (χ3n) is 1.95. The van der Waals surface area contributed by atoms with Crippen LogP contribution >= 0.6 is 15.9 Å². The Morgan fingerprint density at radius 3 is 2.40 bits per heavy atom. The van der Waals surface area contributed by atoms with E-state index in [0.717, 1.165) is 10.0 Å². The lowest BCUT2D eigenvalue weighted by Crippen LogP contribution is -2.25. The third kappa shape index (κ3) is 3.34. The van der Waals surface area contributed by atoms with Gasteiger partial charge in [-0.3, -0.25) is 4.79 Å². The Morgan fingerprint density at radius 2 is 1.93 bits per heavy atom. The van der Waals surface area contributed by atoms with Gasteiger partial charge in [0.15, 0.2) is 0 Å². The first-order valence-electron chi connectivity index (χ1n) is 4.79. The number of carbonyl (C=O) groups excluding carboxylic acids is 1. The average Bonchev–Trinajstić information content (AvgIpc) is 2.10. The summed E-state index contributed by atoms with van der Waals surface area (Å²) in [5, 5.41) is 0. The fourth-order valence-electron chi connectivity index (χ4n) is 0.941. The van der Waals surface area contributed by atoms with Crippen LogP contribution in [0, 0.1) is 12.3 Å². The molecule has 0 spiro atoms. The zero-order valence-corrected chi connectivity index (χ0v) is 11.0. The van der Waals surface area contributed by atoms with Crippen LogP contribution in [-0.4, -0.2) is 5.97 Å². The maximum absolute atomic E-state index is 11.6.